The highest BCUT2D eigenvalue weighted by Gasteiger charge is 2.24. The molecule has 1 fully saturated rings. The summed E-state index contributed by atoms with van der Waals surface area (Å²) in [5, 5.41) is 13.4. The van der Waals surface area contributed by atoms with Gasteiger partial charge in [0, 0.05) is 23.9 Å². The van der Waals surface area contributed by atoms with E-state index in [1.807, 2.05) is 16.9 Å². The first kappa shape index (κ1) is 14.0. The highest BCUT2D eigenvalue weighted by atomic mass is 35.5. The lowest BCUT2D eigenvalue weighted by Gasteiger charge is -2.08. The third kappa shape index (κ3) is 3.06. The van der Waals surface area contributed by atoms with Crippen LogP contribution in [-0.4, -0.2) is 20.9 Å². The van der Waals surface area contributed by atoms with Gasteiger partial charge in [0.15, 0.2) is 0 Å². The summed E-state index contributed by atoms with van der Waals surface area (Å²) < 4.78 is 15.0. The van der Waals surface area contributed by atoms with E-state index < -0.39 is 6.17 Å². The van der Waals surface area contributed by atoms with Gasteiger partial charge in [0.25, 0.3) is 0 Å². The fourth-order valence-electron chi connectivity index (χ4n) is 2.76. The van der Waals surface area contributed by atoms with Crippen LogP contribution in [0.3, 0.4) is 0 Å². The van der Waals surface area contributed by atoms with Crippen LogP contribution in [0.1, 0.15) is 25.0 Å². The Bertz CT molecular complexity index is 691. The number of nitriles is 1. The Morgan fingerprint density at radius 3 is 2.95 bits per heavy atom. The second kappa shape index (κ2) is 5.82. The van der Waals surface area contributed by atoms with Crippen molar-refractivity contribution in [2.75, 3.05) is 0 Å². The van der Waals surface area contributed by atoms with Crippen LogP contribution in [0.2, 0.25) is 5.15 Å². The van der Waals surface area contributed by atoms with E-state index in [9.17, 15) is 4.39 Å². The molecule has 1 saturated carbocycles. The van der Waals surface area contributed by atoms with Crippen LogP contribution in [0.4, 0.5) is 4.39 Å². The minimum Gasteiger partial charge on any atom is -0.272 e. The maximum absolute atomic E-state index is 13.2. The number of aromatic nitrogens is 3. The van der Waals surface area contributed by atoms with E-state index in [1.54, 1.807) is 18.3 Å². The zero-order chi connectivity index (χ0) is 14.8. The average Bonchev–Trinajstić information content (AvgIpc) is 3.08. The second-order valence-electron chi connectivity index (χ2n) is 5.37. The lowest BCUT2D eigenvalue weighted by atomic mass is 10.1. The molecule has 0 bridgehead atoms. The van der Waals surface area contributed by atoms with Gasteiger partial charge in [-0.15, -0.1) is 0 Å². The Balaban J connectivity index is 1.77. The lowest BCUT2D eigenvalue weighted by molar-refractivity contribution is 0.320. The summed E-state index contributed by atoms with van der Waals surface area (Å²) in [5.41, 5.74) is 1.89. The normalized spacial score (nSPS) is 21.4. The molecule has 0 aromatic carbocycles. The SMILES string of the molecule is N#Cc1ccc(-c2cnn(C[C@H]3CC[C@H](F)C3)c2)c(Cl)n1. The van der Waals surface area contributed by atoms with Crippen LogP contribution in [0, 0.1) is 17.2 Å². The van der Waals surface area contributed by atoms with Gasteiger partial charge in [-0.3, -0.25) is 4.68 Å². The fraction of sp³-hybridized carbons (Fsp3) is 0.400. The number of alkyl halides is 1. The van der Waals surface area contributed by atoms with E-state index in [4.69, 9.17) is 16.9 Å². The predicted molar refractivity (Wildman–Crippen MR) is 77.4 cm³/mol. The standard InChI is InChI=1S/C15H14ClFN4/c16-15-14(4-3-13(6-18)20-15)11-7-19-21(9-11)8-10-1-2-12(17)5-10/h3-4,7,9-10,12H,1-2,5,8H2/t10-,12-/m0/s1. The molecule has 21 heavy (non-hydrogen) atoms. The van der Waals surface area contributed by atoms with Crippen LogP contribution in [0.25, 0.3) is 11.1 Å². The molecule has 2 aromatic heterocycles. The van der Waals surface area contributed by atoms with Crippen molar-refractivity contribution >= 4 is 11.6 Å². The van der Waals surface area contributed by atoms with E-state index in [0.717, 1.165) is 24.1 Å². The second-order valence-corrected chi connectivity index (χ2v) is 5.73. The fourth-order valence-corrected chi connectivity index (χ4v) is 3.02. The van der Waals surface area contributed by atoms with Crippen LogP contribution in [0.15, 0.2) is 24.5 Å². The number of pyridine rings is 1. The first-order chi connectivity index (χ1) is 10.2. The largest absolute Gasteiger partial charge is 0.272 e. The van der Waals surface area contributed by atoms with Gasteiger partial charge >= 0.3 is 0 Å². The van der Waals surface area contributed by atoms with Gasteiger partial charge < -0.3 is 0 Å². The molecule has 0 saturated heterocycles. The molecule has 2 aromatic rings. The highest BCUT2D eigenvalue weighted by Crippen LogP contribution is 2.30. The van der Waals surface area contributed by atoms with E-state index >= 15 is 0 Å². The van der Waals surface area contributed by atoms with E-state index in [2.05, 4.69) is 10.1 Å². The molecule has 108 valence electrons. The molecule has 2 heterocycles. The Hall–Kier alpha value is -1.93. The first-order valence-corrected chi connectivity index (χ1v) is 7.27. The van der Waals surface area contributed by atoms with Crippen LogP contribution in [-0.2, 0) is 6.54 Å². The smallest absolute Gasteiger partial charge is 0.142 e. The summed E-state index contributed by atoms with van der Waals surface area (Å²) in [7, 11) is 0. The van der Waals surface area contributed by atoms with Crippen molar-refractivity contribution in [2.24, 2.45) is 5.92 Å². The van der Waals surface area contributed by atoms with Crippen molar-refractivity contribution in [1.29, 1.82) is 5.26 Å². The summed E-state index contributed by atoms with van der Waals surface area (Å²) in [6.07, 6.45) is 5.13. The topological polar surface area (TPSA) is 54.5 Å². The third-order valence-corrected chi connectivity index (χ3v) is 4.12. The highest BCUT2D eigenvalue weighted by molar-refractivity contribution is 6.32. The molecule has 6 heteroatoms. The minimum absolute atomic E-state index is 0.288. The number of nitrogens with zero attached hydrogens (tertiary/aromatic N) is 4. The molecule has 0 unspecified atom stereocenters. The van der Waals surface area contributed by atoms with E-state index in [-0.39, 0.29) is 5.69 Å². The molecule has 2 atom stereocenters. The lowest BCUT2D eigenvalue weighted by Crippen LogP contribution is -2.08. The van der Waals surface area contributed by atoms with Gasteiger partial charge in [-0.05, 0) is 37.3 Å². The minimum atomic E-state index is -0.665. The molecule has 0 N–H and O–H groups in total. The predicted octanol–water partition coefficient (Wildman–Crippen LogP) is 3.61. The molecule has 4 nitrogen and oxygen atoms in total. The van der Waals surface area contributed by atoms with E-state index in [1.165, 1.54) is 0 Å². The summed E-state index contributed by atoms with van der Waals surface area (Å²) in [6.45, 7) is 0.724. The van der Waals surface area contributed by atoms with Crippen molar-refractivity contribution in [2.45, 2.75) is 32.0 Å². The van der Waals surface area contributed by atoms with Gasteiger partial charge in [0.2, 0.25) is 0 Å². The Morgan fingerprint density at radius 1 is 1.43 bits per heavy atom. The van der Waals surface area contributed by atoms with Crippen molar-refractivity contribution in [1.82, 2.24) is 14.8 Å². The number of hydrogen-bond acceptors (Lipinski definition) is 3. The maximum atomic E-state index is 13.2. The Morgan fingerprint density at radius 2 is 2.29 bits per heavy atom. The maximum Gasteiger partial charge on any atom is 0.142 e. The number of hydrogen-bond donors (Lipinski definition) is 0. The molecular weight excluding hydrogens is 291 g/mol. The average molecular weight is 305 g/mol. The zero-order valence-corrected chi connectivity index (χ0v) is 12.1. The Labute approximate surface area is 127 Å². The molecule has 0 amide bonds. The van der Waals surface area contributed by atoms with Crippen LogP contribution < -0.4 is 0 Å². The summed E-state index contributed by atoms with van der Waals surface area (Å²) >= 11 is 6.09. The summed E-state index contributed by atoms with van der Waals surface area (Å²) in [5.74, 6) is 0.349. The third-order valence-electron chi connectivity index (χ3n) is 3.83. The molecule has 1 aliphatic carbocycles. The molecule has 0 aliphatic heterocycles. The number of rotatable bonds is 3. The molecule has 0 spiro atoms. The monoisotopic (exact) mass is 304 g/mol. The molecule has 0 radical (unpaired) electrons. The molecular formula is C15H14ClFN4. The molecule has 1 aliphatic rings. The van der Waals surface area contributed by atoms with E-state index in [0.29, 0.717) is 23.9 Å². The van der Waals surface area contributed by atoms with Crippen LogP contribution in [0.5, 0.6) is 0 Å². The van der Waals surface area contributed by atoms with Crippen LogP contribution >= 0.6 is 11.6 Å². The van der Waals surface area contributed by atoms with Crippen molar-refractivity contribution in [3.8, 4) is 17.2 Å². The van der Waals surface area contributed by atoms with Gasteiger partial charge in [0.1, 0.15) is 23.1 Å². The van der Waals surface area contributed by atoms with Gasteiger partial charge in [-0.1, -0.05) is 11.6 Å². The van der Waals surface area contributed by atoms with Gasteiger partial charge in [0.05, 0.1) is 6.20 Å². The van der Waals surface area contributed by atoms with Crippen molar-refractivity contribution < 1.29 is 4.39 Å². The van der Waals surface area contributed by atoms with Gasteiger partial charge in [-0.2, -0.15) is 10.4 Å². The zero-order valence-electron chi connectivity index (χ0n) is 11.3. The van der Waals surface area contributed by atoms with Gasteiger partial charge in [-0.25, -0.2) is 9.37 Å². The summed E-state index contributed by atoms with van der Waals surface area (Å²) in [4.78, 5) is 4.01. The summed E-state index contributed by atoms with van der Waals surface area (Å²) in [6, 6.07) is 5.35. The number of halogens is 2. The van der Waals surface area contributed by atoms with Crippen molar-refractivity contribution in [3.63, 3.8) is 0 Å². The first-order valence-electron chi connectivity index (χ1n) is 6.89. The quantitative estimate of drug-likeness (QED) is 0.814. The molecule has 3 rings (SSSR count). The van der Waals surface area contributed by atoms with Crippen molar-refractivity contribution in [3.05, 3.63) is 35.4 Å². The Kier molecular flexibility index (Phi) is 3.89.